The predicted molar refractivity (Wildman–Crippen MR) is 102 cm³/mol. The number of hydrogen-bond acceptors (Lipinski definition) is 5. The Bertz CT molecular complexity index is 800. The highest BCUT2D eigenvalue weighted by atomic mass is 16.6. The molecule has 1 N–H and O–H groups in total. The van der Waals surface area contributed by atoms with Crippen LogP contribution in [0.4, 0.5) is 17.1 Å². The number of nitrogens with zero attached hydrogens (tertiary/aromatic N) is 2. The smallest absolute Gasteiger partial charge is 0.269 e. The number of likely N-dealkylation sites (N-methyl/N-ethyl adjacent to an activating group) is 1. The summed E-state index contributed by atoms with van der Waals surface area (Å²) in [5.74, 6) is -0.161. The second-order valence-corrected chi connectivity index (χ2v) is 6.17. The van der Waals surface area contributed by atoms with E-state index in [0.29, 0.717) is 11.3 Å². The molecule has 0 saturated carbocycles. The van der Waals surface area contributed by atoms with Crippen LogP contribution in [-0.4, -0.2) is 31.5 Å². The number of nitro benzene ring substituents is 1. The van der Waals surface area contributed by atoms with Gasteiger partial charge in [0.2, 0.25) is 5.91 Å². The third kappa shape index (κ3) is 4.58. The molecule has 0 spiro atoms. The Morgan fingerprint density at radius 1 is 1.23 bits per heavy atom. The summed E-state index contributed by atoms with van der Waals surface area (Å²) < 4.78 is 5.14. The van der Waals surface area contributed by atoms with Crippen LogP contribution in [0.5, 0.6) is 0 Å². The number of benzene rings is 2. The van der Waals surface area contributed by atoms with Crippen LogP contribution in [-0.2, 0) is 16.1 Å². The lowest BCUT2D eigenvalue weighted by Crippen LogP contribution is -2.31. The molecule has 26 heavy (non-hydrogen) atoms. The first-order valence-electron chi connectivity index (χ1n) is 8.17. The molecule has 0 aliphatic rings. The molecule has 0 unspecified atom stereocenters. The molecule has 2 aromatic rings. The summed E-state index contributed by atoms with van der Waals surface area (Å²) in [5.41, 5.74) is 4.17. The first-order chi connectivity index (χ1) is 12.3. The molecular weight excluding hydrogens is 334 g/mol. The van der Waals surface area contributed by atoms with Crippen LogP contribution in [0.15, 0.2) is 36.4 Å². The molecule has 138 valence electrons. The zero-order valence-electron chi connectivity index (χ0n) is 15.4. The maximum Gasteiger partial charge on any atom is 0.269 e. The normalized spacial score (nSPS) is 10.5. The van der Waals surface area contributed by atoms with Gasteiger partial charge in [-0.1, -0.05) is 18.2 Å². The molecule has 2 rings (SSSR count). The van der Waals surface area contributed by atoms with Crippen LogP contribution in [0.25, 0.3) is 0 Å². The number of anilines is 2. The summed E-state index contributed by atoms with van der Waals surface area (Å²) in [6.45, 7) is 4.22. The Balaban J connectivity index is 2.17. The second kappa shape index (κ2) is 8.44. The standard InChI is InChI=1S/C19H23N3O4/c1-13-6-5-7-14(2)19(13)20-18(23)11-21(3)17-9-8-16(22(24)25)10-15(17)12-26-4/h5-10H,11-12H2,1-4H3,(H,20,23). The van der Waals surface area contributed by atoms with Crippen LogP contribution in [0, 0.1) is 24.0 Å². The molecule has 0 aliphatic carbocycles. The van der Waals surface area contributed by atoms with Crippen molar-refractivity contribution in [3.63, 3.8) is 0 Å². The van der Waals surface area contributed by atoms with E-state index in [1.54, 1.807) is 18.0 Å². The molecule has 0 aliphatic heterocycles. The van der Waals surface area contributed by atoms with E-state index in [4.69, 9.17) is 4.74 Å². The van der Waals surface area contributed by atoms with E-state index in [0.717, 1.165) is 16.8 Å². The number of nitrogens with one attached hydrogen (secondary N) is 1. The Hall–Kier alpha value is -2.93. The van der Waals surface area contributed by atoms with Crippen molar-refractivity contribution in [3.8, 4) is 0 Å². The molecule has 7 nitrogen and oxygen atoms in total. The minimum absolute atomic E-state index is 0.00538. The van der Waals surface area contributed by atoms with Gasteiger partial charge >= 0.3 is 0 Å². The van der Waals surface area contributed by atoms with E-state index in [2.05, 4.69) is 5.32 Å². The first kappa shape index (κ1) is 19.4. The number of ether oxygens (including phenoxy) is 1. The van der Waals surface area contributed by atoms with Gasteiger partial charge in [0.25, 0.3) is 5.69 Å². The average Bonchev–Trinajstić information content (AvgIpc) is 2.58. The Morgan fingerprint density at radius 3 is 2.46 bits per heavy atom. The molecule has 1 amide bonds. The van der Waals surface area contributed by atoms with Crippen molar-refractivity contribution >= 4 is 23.0 Å². The van der Waals surface area contributed by atoms with Crippen molar-refractivity contribution in [1.29, 1.82) is 0 Å². The van der Waals surface area contributed by atoms with Crippen molar-refractivity contribution in [2.75, 3.05) is 30.9 Å². The van der Waals surface area contributed by atoms with Crippen LogP contribution < -0.4 is 10.2 Å². The SMILES string of the molecule is COCc1cc([N+](=O)[O-])ccc1N(C)CC(=O)Nc1c(C)cccc1C. The number of carbonyl (C=O) groups excluding carboxylic acids is 1. The summed E-state index contributed by atoms with van der Waals surface area (Å²) >= 11 is 0. The topological polar surface area (TPSA) is 84.7 Å². The molecule has 0 atom stereocenters. The minimum atomic E-state index is -0.448. The van der Waals surface area contributed by atoms with E-state index in [-0.39, 0.29) is 24.7 Å². The number of amides is 1. The highest BCUT2D eigenvalue weighted by molar-refractivity contribution is 5.95. The summed E-state index contributed by atoms with van der Waals surface area (Å²) in [6.07, 6.45) is 0. The fourth-order valence-electron chi connectivity index (χ4n) is 2.82. The monoisotopic (exact) mass is 357 g/mol. The van der Waals surface area contributed by atoms with Gasteiger partial charge in [-0.3, -0.25) is 14.9 Å². The molecule has 0 bridgehead atoms. The first-order valence-corrected chi connectivity index (χ1v) is 8.17. The summed E-state index contributed by atoms with van der Waals surface area (Å²) in [6, 6.07) is 10.4. The molecule has 0 heterocycles. The quantitative estimate of drug-likeness (QED) is 0.606. The number of methoxy groups -OCH3 is 1. The molecular formula is C19H23N3O4. The van der Waals surface area contributed by atoms with Crippen LogP contribution in [0.1, 0.15) is 16.7 Å². The number of non-ortho nitro benzene ring substituents is 1. The highest BCUT2D eigenvalue weighted by Gasteiger charge is 2.16. The van der Waals surface area contributed by atoms with Gasteiger partial charge in [0.05, 0.1) is 18.1 Å². The van der Waals surface area contributed by atoms with Crippen molar-refractivity contribution in [3.05, 3.63) is 63.2 Å². The van der Waals surface area contributed by atoms with Gasteiger partial charge in [0, 0.05) is 43.2 Å². The fraction of sp³-hybridized carbons (Fsp3) is 0.316. The lowest BCUT2D eigenvalue weighted by atomic mass is 10.1. The highest BCUT2D eigenvalue weighted by Crippen LogP contribution is 2.26. The lowest BCUT2D eigenvalue weighted by molar-refractivity contribution is -0.384. The second-order valence-electron chi connectivity index (χ2n) is 6.17. The van der Waals surface area contributed by atoms with E-state index >= 15 is 0 Å². The number of hydrogen-bond donors (Lipinski definition) is 1. The van der Waals surface area contributed by atoms with Gasteiger partial charge in [0.1, 0.15) is 0 Å². The fourth-order valence-corrected chi connectivity index (χ4v) is 2.82. The van der Waals surface area contributed by atoms with E-state index < -0.39 is 4.92 Å². The summed E-state index contributed by atoms with van der Waals surface area (Å²) in [5, 5.41) is 13.9. The maximum atomic E-state index is 12.5. The van der Waals surface area contributed by atoms with Crippen molar-refractivity contribution in [2.24, 2.45) is 0 Å². The predicted octanol–water partition coefficient (Wildman–Crippen LogP) is 3.43. The maximum absolute atomic E-state index is 12.5. The zero-order chi connectivity index (χ0) is 19.3. The van der Waals surface area contributed by atoms with Crippen molar-refractivity contribution < 1.29 is 14.5 Å². The van der Waals surface area contributed by atoms with Crippen molar-refractivity contribution in [2.45, 2.75) is 20.5 Å². The van der Waals surface area contributed by atoms with Gasteiger partial charge < -0.3 is 15.0 Å². The van der Waals surface area contributed by atoms with Gasteiger partial charge in [-0.25, -0.2) is 0 Å². The zero-order valence-corrected chi connectivity index (χ0v) is 15.4. The van der Waals surface area contributed by atoms with Crippen LogP contribution in [0.2, 0.25) is 0 Å². The molecule has 0 radical (unpaired) electrons. The number of rotatable bonds is 7. The van der Waals surface area contributed by atoms with Crippen LogP contribution in [0.3, 0.4) is 0 Å². The molecule has 0 aromatic heterocycles. The number of nitro groups is 1. The van der Waals surface area contributed by atoms with Gasteiger partial charge in [-0.15, -0.1) is 0 Å². The van der Waals surface area contributed by atoms with E-state index in [9.17, 15) is 14.9 Å². The number of aryl methyl sites for hydroxylation is 2. The molecule has 0 fully saturated rings. The largest absolute Gasteiger partial charge is 0.380 e. The molecule has 2 aromatic carbocycles. The third-order valence-corrected chi connectivity index (χ3v) is 4.11. The minimum Gasteiger partial charge on any atom is -0.380 e. The number of carbonyl (C=O) groups is 1. The molecule has 0 saturated heterocycles. The Morgan fingerprint density at radius 2 is 1.88 bits per heavy atom. The number of para-hydroxylation sites is 1. The summed E-state index contributed by atoms with van der Waals surface area (Å²) in [4.78, 5) is 24.7. The Labute approximate surface area is 152 Å². The van der Waals surface area contributed by atoms with Gasteiger partial charge in [-0.2, -0.15) is 0 Å². The average molecular weight is 357 g/mol. The van der Waals surface area contributed by atoms with E-state index in [1.807, 2.05) is 32.0 Å². The van der Waals surface area contributed by atoms with Gasteiger partial charge in [0.15, 0.2) is 0 Å². The van der Waals surface area contributed by atoms with Gasteiger partial charge in [-0.05, 0) is 31.0 Å². The summed E-state index contributed by atoms with van der Waals surface area (Å²) in [7, 11) is 3.29. The third-order valence-electron chi connectivity index (χ3n) is 4.11. The lowest BCUT2D eigenvalue weighted by Gasteiger charge is -2.22. The van der Waals surface area contributed by atoms with Crippen molar-refractivity contribution in [1.82, 2.24) is 0 Å². The molecule has 7 heteroatoms. The van der Waals surface area contributed by atoms with Crippen LogP contribution >= 0.6 is 0 Å². The Kier molecular flexibility index (Phi) is 6.30. The van der Waals surface area contributed by atoms with E-state index in [1.165, 1.54) is 19.2 Å².